The molecule has 3 heterocycles. The van der Waals surface area contributed by atoms with Crippen molar-refractivity contribution >= 4 is 0 Å². The highest BCUT2D eigenvalue weighted by Gasteiger charge is 2.25. The van der Waals surface area contributed by atoms with E-state index < -0.39 is 0 Å². The van der Waals surface area contributed by atoms with Gasteiger partial charge in [0.05, 0.1) is 0 Å². The van der Waals surface area contributed by atoms with Gasteiger partial charge in [0.25, 0.3) is 0 Å². The maximum absolute atomic E-state index is 2.31. The van der Waals surface area contributed by atoms with Gasteiger partial charge in [0.2, 0.25) is 17.1 Å². The van der Waals surface area contributed by atoms with Gasteiger partial charge in [-0.05, 0) is 110 Å². The summed E-state index contributed by atoms with van der Waals surface area (Å²) >= 11 is 0. The summed E-state index contributed by atoms with van der Waals surface area (Å²) in [7, 11) is 6.40. The van der Waals surface area contributed by atoms with E-state index in [0.29, 0.717) is 0 Å². The summed E-state index contributed by atoms with van der Waals surface area (Å²) in [4.78, 5) is 0. The van der Waals surface area contributed by atoms with Crippen molar-refractivity contribution in [1.29, 1.82) is 0 Å². The summed E-state index contributed by atoms with van der Waals surface area (Å²) in [6, 6.07) is 32.9. The Morgan fingerprint density at radius 3 is 1.12 bits per heavy atom. The second-order valence-corrected chi connectivity index (χ2v) is 19.3. The molecule has 0 aliphatic rings. The molecule has 6 rings (SSSR count). The molecule has 0 amide bonds. The number of hydrogen-bond donors (Lipinski definition) is 0. The lowest BCUT2D eigenvalue weighted by atomic mass is 9.84. The summed E-state index contributed by atoms with van der Waals surface area (Å²) in [6.45, 7) is 33.4. The minimum Gasteiger partial charge on any atom is -0.201 e. The summed E-state index contributed by atoms with van der Waals surface area (Å²) in [5.41, 5.74) is 20.5. The van der Waals surface area contributed by atoms with Crippen LogP contribution in [0, 0.1) is 41.5 Å². The van der Waals surface area contributed by atoms with E-state index in [1.54, 1.807) is 0 Å². The number of benzene rings is 3. The number of aromatic nitrogens is 3. The Hall–Kier alpha value is -4.89. The molecule has 0 N–H and O–H groups in total. The lowest BCUT2D eigenvalue weighted by Crippen LogP contribution is -2.34. The lowest BCUT2D eigenvalue weighted by molar-refractivity contribution is -0.661. The average Bonchev–Trinajstić information content (AvgIpc) is 3.10. The van der Waals surface area contributed by atoms with Crippen LogP contribution in [0.15, 0.2) is 110 Å². The highest BCUT2D eigenvalue weighted by molar-refractivity contribution is 5.63. The molecule has 0 unspecified atom stereocenters. The second kappa shape index (κ2) is 17.7. The third kappa shape index (κ3) is 11.2. The molecule has 3 aromatic carbocycles. The Morgan fingerprint density at radius 2 is 0.754 bits per heavy atom. The highest BCUT2D eigenvalue weighted by atomic mass is 14.9. The fourth-order valence-electron chi connectivity index (χ4n) is 7.76. The zero-order chi connectivity index (χ0) is 42.6. The largest absolute Gasteiger partial charge is 0.212 e. The van der Waals surface area contributed by atoms with Crippen molar-refractivity contribution < 1.29 is 13.7 Å². The molecular weight excluding hydrogens is 691 g/mol. The molecule has 0 spiro atoms. The molecule has 0 radical (unpaired) electrons. The van der Waals surface area contributed by atoms with Crippen LogP contribution in [-0.2, 0) is 37.4 Å². The first-order valence-corrected chi connectivity index (χ1v) is 20.6. The monoisotopic (exact) mass is 763 g/mol. The summed E-state index contributed by atoms with van der Waals surface area (Å²) in [5.74, 6) is 0. The predicted molar refractivity (Wildman–Crippen MR) is 244 cm³/mol. The Kier molecular flexibility index (Phi) is 13.9. The smallest absolute Gasteiger partial charge is 0.201 e. The Morgan fingerprint density at radius 1 is 0.351 bits per heavy atom. The van der Waals surface area contributed by atoms with E-state index in [4.69, 9.17) is 0 Å². The first-order chi connectivity index (χ1) is 26.4. The van der Waals surface area contributed by atoms with Crippen LogP contribution in [0.25, 0.3) is 33.8 Å². The van der Waals surface area contributed by atoms with Gasteiger partial charge in [0, 0.05) is 51.6 Å². The molecule has 0 saturated carbocycles. The lowest BCUT2D eigenvalue weighted by Gasteiger charge is -2.20. The zero-order valence-electron chi connectivity index (χ0n) is 38.7. The van der Waals surface area contributed by atoms with Crippen molar-refractivity contribution in [1.82, 2.24) is 0 Å². The first kappa shape index (κ1) is 44.8. The molecule has 3 aromatic heterocycles. The second-order valence-electron chi connectivity index (χ2n) is 19.3. The molecular formula is C54H72N3+3. The van der Waals surface area contributed by atoms with E-state index in [1.165, 1.54) is 83.8 Å². The van der Waals surface area contributed by atoms with Crippen LogP contribution < -0.4 is 13.7 Å². The van der Waals surface area contributed by atoms with Crippen LogP contribution in [0.4, 0.5) is 0 Å². The number of rotatable bonds is 3. The number of hydrogen-bond acceptors (Lipinski definition) is 0. The van der Waals surface area contributed by atoms with Gasteiger partial charge >= 0.3 is 0 Å². The topological polar surface area (TPSA) is 11.6 Å². The Balaban J connectivity index is 0.000000189. The third-order valence-electron chi connectivity index (χ3n) is 11.1. The van der Waals surface area contributed by atoms with Crippen molar-refractivity contribution in [2.24, 2.45) is 21.1 Å². The fraction of sp³-hybridized carbons (Fsp3) is 0.389. The first-order valence-electron chi connectivity index (χ1n) is 20.6. The van der Waals surface area contributed by atoms with Crippen molar-refractivity contribution in [2.75, 3.05) is 0 Å². The molecule has 0 aliphatic heterocycles. The molecule has 57 heavy (non-hydrogen) atoms. The van der Waals surface area contributed by atoms with E-state index in [-0.39, 0.29) is 16.2 Å². The van der Waals surface area contributed by atoms with E-state index in [0.717, 1.165) is 0 Å². The molecule has 3 nitrogen and oxygen atoms in total. The summed E-state index contributed by atoms with van der Waals surface area (Å²) in [5, 5.41) is 0. The van der Waals surface area contributed by atoms with Crippen LogP contribution >= 0.6 is 0 Å². The molecule has 6 aromatic rings. The molecule has 3 heteroatoms. The SMILES string of the molecule is Cc1ccc(-c2ccc(C(C)(C)C)c[n+]2C)c(C)c1.Cc1ccccc1-c1cc(C)c(C(C)(C)C)c[n+]1C.Cc1ccccc1-c1cc(C)c(C(C)(C)C)c[n+]1C. The number of nitrogens with zero attached hydrogens (tertiary/aromatic N) is 3. The van der Waals surface area contributed by atoms with Crippen LogP contribution in [0.2, 0.25) is 0 Å². The van der Waals surface area contributed by atoms with Gasteiger partial charge in [0.1, 0.15) is 21.1 Å². The van der Waals surface area contributed by atoms with Gasteiger partial charge in [-0.15, -0.1) is 0 Å². The normalized spacial score (nSPS) is 11.7. The minimum atomic E-state index is 0.187. The van der Waals surface area contributed by atoms with Crippen LogP contribution in [0.1, 0.15) is 112 Å². The molecule has 300 valence electrons. The molecule has 0 saturated heterocycles. The third-order valence-corrected chi connectivity index (χ3v) is 11.1. The van der Waals surface area contributed by atoms with Gasteiger partial charge in [0.15, 0.2) is 18.6 Å². The van der Waals surface area contributed by atoms with Gasteiger partial charge < -0.3 is 0 Å². The van der Waals surface area contributed by atoms with Gasteiger partial charge in [-0.2, -0.15) is 0 Å². The molecule has 0 bridgehead atoms. The van der Waals surface area contributed by atoms with E-state index >= 15 is 0 Å². The van der Waals surface area contributed by atoms with E-state index in [9.17, 15) is 0 Å². The summed E-state index contributed by atoms with van der Waals surface area (Å²) in [6.07, 6.45) is 6.79. The Bertz CT molecular complexity index is 2230. The van der Waals surface area contributed by atoms with Crippen LogP contribution in [0.5, 0.6) is 0 Å². The quantitative estimate of drug-likeness (QED) is 0.159. The molecule has 0 atom stereocenters. The molecule has 0 aliphatic carbocycles. The highest BCUT2D eigenvalue weighted by Crippen LogP contribution is 2.30. The standard InChI is InChI=1S/3C18H24N/c1-13-7-9-16(14(2)11-13)17-10-8-15(12-19(17)6)18(3,4)5;2*1-13-9-7-8-10-15(13)17-11-14(2)16(12-19(17)6)18(3,4)5/h3*7-12H,1-6H3/q3*+1. The van der Waals surface area contributed by atoms with Crippen molar-refractivity contribution in [3.63, 3.8) is 0 Å². The van der Waals surface area contributed by atoms with Crippen LogP contribution in [-0.4, -0.2) is 0 Å². The number of pyridine rings is 3. The van der Waals surface area contributed by atoms with E-state index in [1.807, 2.05) is 0 Å². The van der Waals surface area contributed by atoms with Gasteiger partial charge in [-0.3, -0.25) is 0 Å². The Labute approximate surface area is 347 Å². The summed E-state index contributed by atoms with van der Waals surface area (Å²) < 4.78 is 6.73. The minimum absolute atomic E-state index is 0.187. The van der Waals surface area contributed by atoms with Gasteiger partial charge in [-0.25, -0.2) is 13.7 Å². The maximum Gasteiger partial charge on any atom is 0.212 e. The van der Waals surface area contributed by atoms with Crippen molar-refractivity contribution in [2.45, 2.75) is 120 Å². The van der Waals surface area contributed by atoms with Gasteiger partial charge in [-0.1, -0.05) is 116 Å². The average molecular weight is 763 g/mol. The molecule has 0 fully saturated rings. The van der Waals surface area contributed by atoms with Crippen molar-refractivity contribution in [3.8, 4) is 33.8 Å². The zero-order valence-corrected chi connectivity index (χ0v) is 38.7. The maximum atomic E-state index is 2.31. The number of aryl methyl sites for hydroxylation is 9. The van der Waals surface area contributed by atoms with E-state index in [2.05, 4.69) is 248 Å². The predicted octanol–water partition coefficient (Wildman–Crippen LogP) is 12.3. The van der Waals surface area contributed by atoms with Crippen LogP contribution in [0.3, 0.4) is 0 Å². The fourth-order valence-corrected chi connectivity index (χ4v) is 7.76. The van der Waals surface area contributed by atoms with Crippen molar-refractivity contribution in [3.05, 3.63) is 160 Å².